The van der Waals surface area contributed by atoms with Crippen molar-refractivity contribution < 1.29 is 14.6 Å². The molecule has 0 aromatic heterocycles. The van der Waals surface area contributed by atoms with E-state index in [0.29, 0.717) is 11.1 Å². The number of anilines is 1. The Labute approximate surface area is 117 Å². The monoisotopic (exact) mass is 283 g/mol. The van der Waals surface area contributed by atoms with E-state index in [0.717, 1.165) is 38.2 Å². The molecule has 1 aromatic rings. The number of halogens is 1. The predicted molar refractivity (Wildman–Crippen MR) is 75.3 cm³/mol. The highest BCUT2D eigenvalue weighted by molar-refractivity contribution is 6.33. The third kappa shape index (κ3) is 3.39. The van der Waals surface area contributed by atoms with Crippen LogP contribution in [0.3, 0.4) is 0 Å². The summed E-state index contributed by atoms with van der Waals surface area (Å²) in [7, 11) is 0. The van der Waals surface area contributed by atoms with E-state index < -0.39 is 5.97 Å². The Bertz CT molecular complexity index is 456. The molecule has 0 saturated carbocycles. The van der Waals surface area contributed by atoms with Crippen molar-refractivity contribution in [2.75, 3.05) is 24.6 Å². The summed E-state index contributed by atoms with van der Waals surface area (Å²) >= 11 is 6.17. The van der Waals surface area contributed by atoms with Gasteiger partial charge in [0.25, 0.3) is 0 Å². The first-order valence-electron chi connectivity index (χ1n) is 6.51. The van der Waals surface area contributed by atoms with Gasteiger partial charge in [-0.2, -0.15) is 0 Å². The maximum atomic E-state index is 10.9. The summed E-state index contributed by atoms with van der Waals surface area (Å²) in [6, 6.07) is 4.89. The molecule has 1 N–H and O–H groups in total. The van der Waals surface area contributed by atoms with Gasteiger partial charge in [-0.15, -0.1) is 0 Å². The average molecular weight is 284 g/mol. The maximum Gasteiger partial charge on any atom is 0.335 e. The number of hydrogen-bond donors (Lipinski definition) is 1. The van der Waals surface area contributed by atoms with Gasteiger partial charge in [0.05, 0.1) is 22.4 Å². The quantitative estimate of drug-likeness (QED) is 0.923. The number of carboxylic acids is 1. The van der Waals surface area contributed by atoms with Crippen molar-refractivity contribution in [3.8, 4) is 0 Å². The normalized spacial score (nSPS) is 16.6. The number of piperidine rings is 1. The molecule has 0 atom stereocenters. The number of aromatic carboxylic acids is 1. The second kappa shape index (κ2) is 6.26. The standard InChI is InChI=1S/C14H18ClNO3/c1-2-19-11-5-7-16(8-6-11)13-4-3-10(14(17)18)9-12(13)15/h3-4,9,11H,2,5-8H2,1H3,(H,17,18). The van der Waals surface area contributed by atoms with Gasteiger partial charge < -0.3 is 14.7 Å². The molecule has 1 aliphatic rings. The highest BCUT2D eigenvalue weighted by Gasteiger charge is 2.21. The molecule has 0 unspecified atom stereocenters. The number of carboxylic acid groups (broad SMARTS) is 1. The molecule has 1 heterocycles. The lowest BCUT2D eigenvalue weighted by atomic mass is 10.1. The molecule has 0 radical (unpaired) electrons. The summed E-state index contributed by atoms with van der Waals surface area (Å²) in [5, 5.41) is 9.41. The molecular formula is C14H18ClNO3. The van der Waals surface area contributed by atoms with E-state index in [4.69, 9.17) is 21.4 Å². The number of hydrogen-bond acceptors (Lipinski definition) is 3. The molecule has 0 amide bonds. The fourth-order valence-corrected chi connectivity index (χ4v) is 2.70. The summed E-state index contributed by atoms with van der Waals surface area (Å²) < 4.78 is 5.61. The second-order valence-electron chi connectivity index (χ2n) is 4.61. The maximum absolute atomic E-state index is 10.9. The lowest BCUT2D eigenvalue weighted by Crippen LogP contribution is -2.37. The molecule has 0 spiro atoms. The number of carbonyl (C=O) groups is 1. The molecule has 19 heavy (non-hydrogen) atoms. The highest BCUT2D eigenvalue weighted by Crippen LogP contribution is 2.29. The molecule has 1 saturated heterocycles. The zero-order chi connectivity index (χ0) is 13.8. The Morgan fingerprint density at radius 2 is 2.16 bits per heavy atom. The van der Waals surface area contributed by atoms with E-state index in [1.54, 1.807) is 12.1 Å². The van der Waals surface area contributed by atoms with Crippen LogP contribution in [0.15, 0.2) is 18.2 Å². The fourth-order valence-electron chi connectivity index (χ4n) is 2.40. The Hall–Kier alpha value is -1.26. The number of benzene rings is 1. The minimum absolute atomic E-state index is 0.220. The Morgan fingerprint density at radius 3 is 2.68 bits per heavy atom. The molecule has 1 fully saturated rings. The topological polar surface area (TPSA) is 49.8 Å². The molecule has 5 heteroatoms. The van der Waals surface area contributed by atoms with Crippen LogP contribution in [0.25, 0.3) is 0 Å². The summed E-state index contributed by atoms with van der Waals surface area (Å²) in [5.41, 5.74) is 1.12. The number of nitrogens with zero attached hydrogens (tertiary/aromatic N) is 1. The zero-order valence-corrected chi connectivity index (χ0v) is 11.7. The molecule has 2 rings (SSSR count). The Balaban J connectivity index is 2.05. The molecule has 0 bridgehead atoms. The van der Waals surface area contributed by atoms with Crippen molar-refractivity contribution in [3.63, 3.8) is 0 Å². The second-order valence-corrected chi connectivity index (χ2v) is 5.02. The van der Waals surface area contributed by atoms with E-state index >= 15 is 0 Å². The first-order chi connectivity index (χ1) is 9.11. The summed E-state index contributed by atoms with van der Waals surface area (Å²) in [4.78, 5) is 13.1. The molecule has 1 aliphatic heterocycles. The predicted octanol–water partition coefficient (Wildman–Crippen LogP) is 3.04. The van der Waals surface area contributed by atoms with Gasteiger partial charge in [-0.1, -0.05) is 11.6 Å². The van der Waals surface area contributed by atoms with Gasteiger partial charge in [-0.3, -0.25) is 0 Å². The molecular weight excluding hydrogens is 266 g/mol. The minimum atomic E-state index is -0.955. The lowest BCUT2D eigenvalue weighted by molar-refractivity contribution is 0.0459. The summed E-state index contributed by atoms with van der Waals surface area (Å²) in [5.74, 6) is -0.955. The smallest absolute Gasteiger partial charge is 0.335 e. The van der Waals surface area contributed by atoms with Gasteiger partial charge >= 0.3 is 5.97 Å². The van der Waals surface area contributed by atoms with E-state index in [1.807, 2.05) is 6.92 Å². The third-order valence-electron chi connectivity index (χ3n) is 3.38. The minimum Gasteiger partial charge on any atom is -0.478 e. The average Bonchev–Trinajstić information content (AvgIpc) is 2.40. The van der Waals surface area contributed by atoms with Crippen LogP contribution < -0.4 is 4.90 Å². The highest BCUT2D eigenvalue weighted by atomic mass is 35.5. The Kier molecular flexibility index (Phi) is 4.66. The van der Waals surface area contributed by atoms with Gasteiger partial charge in [0, 0.05) is 19.7 Å². The van der Waals surface area contributed by atoms with Gasteiger partial charge in [0.2, 0.25) is 0 Å². The fraction of sp³-hybridized carbons (Fsp3) is 0.500. The van der Waals surface area contributed by atoms with Crippen LogP contribution >= 0.6 is 11.6 Å². The van der Waals surface area contributed by atoms with Gasteiger partial charge in [-0.25, -0.2) is 4.79 Å². The number of rotatable bonds is 4. The zero-order valence-electron chi connectivity index (χ0n) is 10.9. The molecule has 104 valence electrons. The van der Waals surface area contributed by atoms with Crippen molar-refractivity contribution in [3.05, 3.63) is 28.8 Å². The lowest BCUT2D eigenvalue weighted by Gasteiger charge is -2.33. The third-order valence-corrected chi connectivity index (χ3v) is 3.68. The van der Waals surface area contributed by atoms with Crippen molar-refractivity contribution in [2.24, 2.45) is 0 Å². The van der Waals surface area contributed by atoms with E-state index in [1.165, 1.54) is 6.07 Å². The van der Waals surface area contributed by atoms with Crippen molar-refractivity contribution >= 4 is 23.3 Å². The van der Waals surface area contributed by atoms with Crippen molar-refractivity contribution in [1.29, 1.82) is 0 Å². The van der Waals surface area contributed by atoms with Crippen LogP contribution in [-0.2, 0) is 4.74 Å². The van der Waals surface area contributed by atoms with Crippen LogP contribution in [0, 0.1) is 0 Å². The Morgan fingerprint density at radius 1 is 1.47 bits per heavy atom. The molecule has 4 nitrogen and oxygen atoms in total. The van der Waals surface area contributed by atoms with Crippen LogP contribution in [0.5, 0.6) is 0 Å². The van der Waals surface area contributed by atoms with Gasteiger partial charge in [0.15, 0.2) is 0 Å². The summed E-state index contributed by atoms with van der Waals surface area (Å²) in [6.45, 7) is 4.53. The SMILES string of the molecule is CCOC1CCN(c2ccc(C(=O)O)cc2Cl)CC1. The van der Waals surface area contributed by atoms with Crippen LogP contribution in [0.2, 0.25) is 5.02 Å². The largest absolute Gasteiger partial charge is 0.478 e. The first kappa shape index (κ1) is 14.2. The molecule has 0 aliphatic carbocycles. The number of ether oxygens (including phenoxy) is 1. The molecule has 1 aromatic carbocycles. The first-order valence-corrected chi connectivity index (χ1v) is 6.89. The van der Waals surface area contributed by atoms with Crippen LogP contribution in [-0.4, -0.2) is 36.9 Å². The summed E-state index contributed by atoms with van der Waals surface area (Å²) in [6.07, 6.45) is 2.29. The van der Waals surface area contributed by atoms with E-state index in [2.05, 4.69) is 4.90 Å². The van der Waals surface area contributed by atoms with Crippen LogP contribution in [0.4, 0.5) is 5.69 Å². The van der Waals surface area contributed by atoms with E-state index in [-0.39, 0.29) is 5.56 Å². The van der Waals surface area contributed by atoms with Crippen LogP contribution in [0.1, 0.15) is 30.1 Å². The van der Waals surface area contributed by atoms with Gasteiger partial charge in [0.1, 0.15) is 0 Å². The van der Waals surface area contributed by atoms with Gasteiger partial charge in [-0.05, 0) is 38.0 Å². The van der Waals surface area contributed by atoms with Crippen molar-refractivity contribution in [2.45, 2.75) is 25.9 Å². The van der Waals surface area contributed by atoms with Crippen molar-refractivity contribution in [1.82, 2.24) is 0 Å². The van der Waals surface area contributed by atoms with E-state index in [9.17, 15) is 4.79 Å².